The van der Waals surface area contributed by atoms with Crippen LogP contribution in [-0.2, 0) is 14.1 Å². The molecular weight excluding hydrogens is 172 g/mol. The van der Waals surface area contributed by atoms with E-state index in [2.05, 4.69) is 10.2 Å². The summed E-state index contributed by atoms with van der Waals surface area (Å²) in [6.45, 7) is 0. The van der Waals surface area contributed by atoms with Crippen LogP contribution in [0.2, 0.25) is 0 Å². The lowest BCUT2D eigenvalue weighted by atomic mass is 10.3. The van der Waals surface area contributed by atoms with Crippen LogP contribution in [0.25, 0.3) is 11.0 Å². The van der Waals surface area contributed by atoms with Crippen LogP contribution in [-0.4, -0.2) is 30.6 Å². The quantitative estimate of drug-likeness (QED) is 0.670. The van der Waals surface area contributed by atoms with Gasteiger partial charge >= 0.3 is 5.97 Å². The second-order valence-corrected chi connectivity index (χ2v) is 2.78. The maximum atomic E-state index is 10.8. The van der Waals surface area contributed by atoms with Gasteiger partial charge in [0.15, 0.2) is 5.69 Å². The molecule has 0 aliphatic carbocycles. The van der Waals surface area contributed by atoms with E-state index in [-0.39, 0.29) is 5.69 Å². The number of carbonyl (C=O) groups is 1. The molecule has 13 heavy (non-hydrogen) atoms. The smallest absolute Gasteiger partial charge is 0.358 e. The molecule has 0 aliphatic rings. The van der Waals surface area contributed by atoms with Gasteiger partial charge in [0.05, 0.1) is 6.20 Å². The first-order valence-electron chi connectivity index (χ1n) is 3.69. The van der Waals surface area contributed by atoms with Gasteiger partial charge in [-0.05, 0) is 0 Å². The van der Waals surface area contributed by atoms with Crippen LogP contribution in [0.4, 0.5) is 0 Å². The Morgan fingerprint density at radius 3 is 2.77 bits per heavy atom. The number of hydrogen-bond donors (Lipinski definition) is 1. The average molecular weight is 180 g/mol. The van der Waals surface area contributed by atoms with E-state index in [0.717, 1.165) is 5.52 Å². The van der Waals surface area contributed by atoms with Crippen LogP contribution < -0.4 is 0 Å². The third-order valence-corrected chi connectivity index (χ3v) is 1.94. The van der Waals surface area contributed by atoms with Crippen molar-refractivity contribution in [2.75, 3.05) is 0 Å². The number of aromatic nitrogens is 4. The number of carboxylic acids is 1. The van der Waals surface area contributed by atoms with E-state index in [9.17, 15) is 4.79 Å². The highest BCUT2D eigenvalue weighted by Gasteiger charge is 2.17. The number of aromatic carboxylic acids is 1. The maximum Gasteiger partial charge on any atom is 0.358 e. The average Bonchev–Trinajstić information content (AvgIpc) is 2.55. The molecule has 0 fully saturated rings. The Morgan fingerprint density at radius 2 is 2.15 bits per heavy atom. The largest absolute Gasteiger partial charge is 0.476 e. The molecule has 0 atom stereocenters. The molecule has 0 saturated carbocycles. The first-order valence-corrected chi connectivity index (χ1v) is 3.69. The minimum absolute atomic E-state index is 0.0394. The molecule has 2 rings (SSSR count). The van der Waals surface area contributed by atoms with E-state index in [0.29, 0.717) is 5.52 Å². The number of hydrogen-bond acceptors (Lipinski definition) is 3. The van der Waals surface area contributed by atoms with Crippen molar-refractivity contribution in [3.05, 3.63) is 11.9 Å². The molecule has 0 bridgehead atoms. The molecule has 0 aliphatic heterocycles. The molecule has 1 N–H and O–H groups in total. The highest BCUT2D eigenvalue weighted by molar-refractivity contribution is 5.99. The van der Waals surface area contributed by atoms with Gasteiger partial charge < -0.3 is 5.11 Å². The van der Waals surface area contributed by atoms with E-state index in [1.165, 1.54) is 9.36 Å². The molecule has 0 amide bonds. The zero-order valence-corrected chi connectivity index (χ0v) is 7.22. The molecule has 2 aromatic heterocycles. The second kappa shape index (κ2) is 2.32. The van der Waals surface area contributed by atoms with Crippen LogP contribution in [0.3, 0.4) is 0 Å². The summed E-state index contributed by atoms with van der Waals surface area (Å²) >= 11 is 0. The van der Waals surface area contributed by atoms with Gasteiger partial charge in [-0.15, -0.1) is 0 Å². The molecule has 2 heterocycles. The second-order valence-electron chi connectivity index (χ2n) is 2.78. The van der Waals surface area contributed by atoms with Gasteiger partial charge in [-0.2, -0.15) is 10.2 Å². The maximum absolute atomic E-state index is 10.8. The lowest BCUT2D eigenvalue weighted by Crippen LogP contribution is -2.02. The van der Waals surface area contributed by atoms with Crippen molar-refractivity contribution in [1.82, 2.24) is 19.6 Å². The van der Waals surface area contributed by atoms with Crippen molar-refractivity contribution in [3.8, 4) is 0 Å². The van der Waals surface area contributed by atoms with E-state index < -0.39 is 5.97 Å². The summed E-state index contributed by atoms with van der Waals surface area (Å²) < 4.78 is 3.01. The zero-order valence-electron chi connectivity index (χ0n) is 7.22. The predicted octanol–water partition coefficient (Wildman–Crippen LogP) is 0.00500. The number of rotatable bonds is 1. The van der Waals surface area contributed by atoms with Gasteiger partial charge in [0.2, 0.25) is 0 Å². The highest BCUT2D eigenvalue weighted by Crippen LogP contribution is 2.15. The number of carboxylic acid groups (broad SMARTS) is 1. The monoisotopic (exact) mass is 180 g/mol. The predicted molar refractivity (Wildman–Crippen MR) is 44.4 cm³/mol. The molecular formula is C7H8N4O2. The number of aryl methyl sites for hydroxylation is 2. The summed E-state index contributed by atoms with van der Waals surface area (Å²) in [5.41, 5.74) is 1.31. The zero-order chi connectivity index (χ0) is 9.59. The first-order chi connectivity index (χ1) is 6.11. The van der Waals surface area contributed by atoms with Gasteiger partial charge in [0.25, 0.3) is 0 Å². The minimum Gasteiger partial charge on any atom is -0.476 e. The summed E-state index contributed by atoms with van der Waals surface area (Å²) in [6.07, 6.45) is 1.59. The van der Waals surface area contributed by atoms with Gasteiger partial charge in [-0.1, -0.05) is 0 Å². The van der Waals surface area contributed by atoms with Crippen molar-refractivity contribution in [2.45, 2.75) is 0 Å². The fourth-order valence-corrected chi connectivity index (χ4v) is 1.33. The molecule has 6 nitrogen and oxygen atoms in total. The van der Waals surface area contributed by atoms with Crippen LogP contribution >= 0.6 is 0 Å². The summed E-state index contributed by atoms with van der Waals surface area (Å²) in [4.78, 5) is 10.8. The van der Waals surface area contributed by atoms with Crippen LogP contribution in [0.5, 0.6) is 0 Å². The van der Waals surface area contributed by atoms with Gasteiger partial charge in [0.1, 0.15) is 11.0 Å². The lowest BCUT2D eigenvalue weighted by Gasteiger charge is -1.89. The normalized spacial score (nSPS) is 10.9. The first kappa shape index (κ1) is 7.78. The molecule has 2 aromatic rings. The van der Waals surface area contributed by atoms with Gasteiger partial charge in [0, 0.05) is 14.1 Å². The Labute approximate surface area is 73.4 Å². The van der Waals surface area contributed by atoms with Gasteiger partial charge in [-0.25, -0.2) is 4.79 Å². The lowest BCUT2D eigenvalue weighted by molar-refractivity contribution is 0.0691. The summed E-state index contributed by atoms with van der Waals surface area (Å²) in [5.74, 6) is -1.03. The van der Waals surface area contributed by atoms with Crippen LogP contribution in [0, 0.1) is 0 Å². The summed E-state index contributed by atoms with van der Waals surface area (Å²) in [5, 5.41) is 16.6. The number of nitrogens with zero attached hydrogens (tertiary/aromatic N) is 4. The summed E-state index contributed by atoms with van der Waals surface area (Å²) in [7, 11) is 3.38. The fraction of sp³-hybridized carbons (Fsp3) is 0.286. The Morgan fingerprint density at radius 1 is 1.46 bits per heavy atom. The number of fused-ring (bicyclic) bond motifs is 1. The minimum atomic E-state index is -1.03. The Balaban J connectivity index is 2.89. The van der Waals surface area contributed by atoms with Crippen molar-refractivity contribution in [3.63, 3.8) is 0 Å². The van der Waals surface area contributed by atoms with E-state index >= 15 is 0 Å². The fourth-order valence-electron chi connectivity index (χ4n) is 1.33. The standard InChI is InChI=1S/C7H8N4O2/c1-10-4-3-8-11(2)6(4)5(9-10)7(12)13/h3H,1-2H3,(H,12,13). The van der Waals surface area contributed by atoms with Crippen LogP contribution in [0.15, 0.2) is 6.20 Å². The van der Waals surface area contributed by atoms with Crippen molar-refractivity contribution < 1.29 is 9.90 Å². The van der Waals surface area contributed by atoms with Crippen molar-refractivity contribution >= 4 is 17.0 Å². The van der Waals surface area contributed by atoms with Crippen molar-refractivity contribution in [1.29, 1.82) is 0 Å². The molecule has 0 saturated heterocycles. The summed E-state index contributed by atoms with van der Waals surface area (Å²) in [6, 6.07) is 0. The third kappa shape index (κ3) is 0.915. The molecule has 0 spiro atoms. The molecule has 6 heteroatoms. The Kier molecular flexibility index (Phi) is 1.39. The SMILES string of the molecule is Cn1nc(C(=O)O)c2c1cnn2C. The van der Waals surface area contributed by atoms with Crippen molar-refractivity contribution in [2.24, 2.45) is 14.1 Å². The van der Waals surface area contributed by atoms with E-state index in [1.54, 1.807) is 20.3 Å². The van der Waals surface area contributed by atoms with E-state index in [1.807, 2.05) is 0 Å². The molecule has 0 radical (unpaired) electrons. The highest BCUT2D eigenvalue weighted by atomic mass is 16.4. The Bertz CT molecular complexity index is 482. The topological polar surface area (TPSA) is 72.9 Å². The third-order valence-electron chi connectivity index (χ3n) is 1.94. The van der Waals surface area contributed by atoms with Gasteiger partial charge in [-0.3, -0.25) is 9.36 Å². The molecule has 68 valence electrons. The van der Waals surface area contributed by atoms with Crippen LogP contribution in [0.1, 0.15) is 10.5 Å². The molecule has 0 aromatic carbocycles. The Hall–Kier alpha value is -1.85. The van der Waals surface area contributed by atoms with E-state index in [4.69, 9.17) is 5.11 Å². The molecule has 0 unspecified atom stereocenters.